The molecule has 1 aliphatic carbocycles. The molecule has 1 saturated heterocycles. The molecule has 0 aromatic heterocycles. The van der Waals surface area contributed by atoms with Gasteiger partial charge in [0.15, 0.2) is 0 Å². The monoisotopic (exact) mass is 252 g/mol. The maximum absolute atomic E-state index is 3.79. The first-order chi connectivity index (χ1) is 8.68. The third kappa shape index (κ3) is 4.55. The highest BCUT2D eigenvalue weighted by atomic mass is 15.1. The van der Waals surface area contributed by atoms with E-state index in [1.165, 1.54) is 77.5 Å². The molecule has 1 N–H and O–H groups in total. The molecular formula is C16H32N2. The van der Waals surface area contributed by atoms with Crippen molar-refractivity contribution in [2.24, 2.45) is 11.3 Å². The van der Waals surface area contributed by atoms with E-state index in [0.717, 1.165) is 5.92 Å². The highest BCUT2D eigenvalue weighted by Gasteiger charge is 2.28. The lowest BCUT2D eigenvalue weighted by atomic mass is 9.80. The lowest BCUT2D eigenvalue weighted by Crippen LogP contribution is -2.42. The van der Waals surface area contributed by atoms with Crippen LogP contribution in [-0.2, 0) is 0 Å². The van der Waals surface area contributed by atoms with Crippen molar-refractivity contribution in [3.63, 3.8) is 0 Å². The summed E-state index contributed by atoms with van der Waals surface area (Å²) in [4.78, 5) is 2.47. The van der Waals surface area contributed by atoms with Gasteiger partial charge in [-0.3, -0.25) is 0 Å². The number of hydrogen-bond acceptors (Lipinski definition) is 2. The van der Waals surface area contributed by atoms with Gasteiger partial charge in [0, 0.05) is 6.54 Å². The van der Waals surface area contributed by atoms with E-state index in [1.807, 2.05) is 0 Å². The van der Waals surface area contributed by atoms with Crippen molar-refractivity contribution in [3.8, 4) is 0 Å². The largest absolute Gasteiger partial charge is 0.316 e. The zero-order chi connectivity index (χ0) is 12.8. The summed E-state index contributed by atoms with van der Waals surface area (Å²) < 4.78 is 0. The lowest BCUT2D eigenvalue weighted by Gasteiger charge is -2.38. The van der Waals surface area contributed by atoms with E-state index < -0.39 is 0 Å². The fourth-order valence-corrected chi connectivity index (χ4v) is 3.48. The minimum Gasteiger partial charge on any atom is -0.316 e. The van der Waals surface area contributed by atoms with Crippen LogP contribution in [0.25, 0.3) is 0 Å². The molecule has 0 radical (unpaired) electrons. The Morgan fingerprint density at radius 1 is 1.06 bits per heavy atom. The number of nitrogens with one attached hydrogen (secondary N) is 1. The molecule has 0 atom stereocenters. The molecular weight excluding hydrogens is 220 g/mol. The van der Waals surface area contributed by atoms with Gasteiger partial charge in [0.1, 0.15) is 0 Å². The summed E-state index contributed by atoms with van der Waals surface area (Å²) in [5, 5.41) is 3.79. The van der Waals surface area contributed by atoms with Gasteiger partial charge in [0.05, 0.1) is 0 Å². The zero-order valence-corrected chi connectivity index (χ0v) is 12.5. The highest BCUT2D eigenvalue weighted by Crippen LogP contribution is 2.29. The molecule has 1 saturated carbocycles. The van der Waals surface area contributed by atoms with Crippen LogP contribution in [0.1, 0.15) is 58.3 Å². The topological polar surface area (TPSA) is 15.3 Å². The van der Waals surface area contributed by atoms with Crippen LogP contribution in [0, 0.1) is 11.3 Å². The molecule has 2 rings (SSSR count). The van der Waals surface area contributed by atoms with Crippen molar-refractivity contribution in [1.82, 2.24) is 10.2 Å². The predicted molar refractivity (Wildman–Crippen MR) is 78.9 cm³/mol. The Balaban J connectivity index is 1.64. The number of rotatable bonds is 4. The van der Waals surface area contributed by atoms with Crippen LogP contribution in [0.4, 0.5) is 0 Å². The fourth-order valence-electron chi connectivity index (χ4n) is 3.48. The average Bonchev–Trinajstić information content (AvgIpc) is 2.62. The van der Waals surface area contributed by atoms with Crippen LogP contribution in [0.5, 0.6) is 0 Å². The molecule has 0 spiro atoms. The molecule has 0 bridgehead atoms. The van der Waals surface area contributed by atoms with Crippen LogP contribution in [0.15, 0.2) is 0 Å². The number of piperidine rings is 1. The third-order valence-electron chi connectivity index (χ3n) is 5.15. The van der Waals surface area contributed by atoms with E-state index in [9.17, 15) is 0 Å². The van der Waals surface area contributed by atoms with E-state index in [0.29, 0.717) is 5.41 Å². The Bertz CT molecular complexity index is 223. The van der Waals surface area contributed by atoms with Gasteiger partial charge < -0.3 is 10.2 Å². The fraction of sp³-hybridized carbons (Fsp3) is 1.00. The van der Waals surface area contributed by atoms with Crippen LogP contribution < -0.4 is 5.32 Å². The number of hydrogen-bond donors (Lipinski definition) is 1. The van der Waals surface area contributed by atoms with E-state index in [-0.39, 0.29) is 0 Å². The molecule has 2 aliphatic rings. The average molecular weight is 252 g/mol. The second-order valence-electron chi connectivity index (χ2n) is 7.10. The van der Waals surface area contributed by atoms with Crippen molar-refractivity contribution in [2.75, 3.05) is 33.2 Å². The lowest BCUT2D eigenvalue weighted by molar-refractivity contribution is 0.135. The van der Waals surface area contributed by atoms with E-state index in [4.69, 9.17) is 0 Å². The van der Waals surface area contributed by atoms with Gasteiger partial charge in [-0.25, -0.2) is 0 Å². The zero-order valence-electron chi connectivity index (χ0n) is 12.5. The Labute approximate surface area is 114 Å². The van der Waals surface area contributed by atoms with Crippen LogP contribution >= 0.6 is 0 Å². The van der Waals surface area contributed by atoms with Gasteiger partial charge >= 0.3 is 0 Å². The second-order valence-corrected chi connectivity index (χ2v) is 7.10. The van der Waals surface area contributed by atoms with Crippen LogP contribution in [-0.4, -0.2) is 38.1 Å². The van der Waals surface area contributed by atoms with Crippen molar-refractivity contribution >= 4 is 0 Å². The molecule has 1 aliphatic heterocycles. The molecule has 18 heavy (non-hydrogen) atoms. The van der Waals surface area contributed by atoms with Gasteiger partial charge in [-0.2, -0.15) is 0 Å². The molecule has 0 aromatic carbocycles. The molecule has 0 aromatic rings. The molecule has 106 valence electrons. The molecule has 1 heterocycles. The first-order valence-electron chi connectivity index (χ1n) is 8.07. The summed E-state index contributed by atoms with van der Waals surface area (Å²) >= 11 is 0. The summed E-state index contributed by atoms with van der Waals surface area (Å²) in [6.45, 7) is 7.53. The molecule has 0 amide bonds. The summed E-state index contributed by atoms with van der Waals surface area (Å²) in [6.07, 6.45) is 11.5. The van der Waals surface area contributed by atoms with Gasteiger partial charge in [-0.05, 0) is 63.7 Å². The highest BCUT2D eigenvalue weighted by molar-refractivity contribution is 4.83. The normalized spacial score (nSPS) is 27.0. The molecule has 0 unspecified atom stereocenters. The minimum absolute atomic E-state index is 0.553. The molecule has 2 heteroatoms. The van der Waals surface area contributed by atoms with Crippen LogP contribution in [0.2, 0.25) is 0 Å². The minimum atomic E-state index is 0.553. The van der Waals surface area contributed by atoms with E-state index in [2.05, 4.69) is 24.2 Å². The van der Waals surface area contributed by atoms with Gasteiger partial charge in [-0.15, -0.1) is 0 Å². The number of likely N-dealkylation sites (tertiary alicyclic amines) is 1. The maximum Gasteiger partial charge on any atom is 0.000623 e. The Kier molecular flexibility index (Phi) is 5.50. The van der Waals surface area contributed by atoms with Gasteiger partial charge in [-0.1, -0.05) is 32.6 Å². The van der Waals surface area contributed by atoms with Crippen molar-refractivity contribution in [1.29, 1.82) is 0 Å². The summed E-state index contributed by atoms with van der Waals surface area (Å²) in [7, 11) is 2.25. The van der Waals surface area contributed by atoms with E-state index >= 15 is 0 Å². The first kappa shape index (κ1) is 14.3. The standard InChI is InChI=1S/C16H32N2/c1-16(9-11-18(2)12-10-16)14-17-13-15-7-5-3-4-6-8-15/h15,17H,3-14H2,1-2H3. The molecule has 2 nitrogen and oxygen atoms in total. The quantitative estimate of drug-likeness (QED) is 0.773. The second kappa shape index (κ2) is 6.91. The van der Waals surface area contributed by atoms with Gasteiger partial charge in [0.25, 0.3) is 0 Å². The Morgan fingerprint density at radius 3 is 2.28 bits per heavy atom. The van der Waals surface area contributed by atoms with E-state index in [1.54, 1.807) is 0 Å². The van der Waals surface area contributed by atoms with Crippen molar-refractivity contribution in [2.45, 2.75) is 58.3 Å². The summed E-state index contributed by atoms with van der Waals surface area (Å²) in [5.74, 6) is 0.961. The Hall–Kier alpha value is -0.0800. The smallest absolute Gasteiger partial charge is 0.000623 e. The van der Waals surface area contributed by atoms with Crippen molar-refractivity contribution in [3.05, 3.63) is 0 Å². The predicted octanol–water partition coefficient (Wildman–Crippen LogP) is 3.28. The van der Waals surface area contributed by atoms with Crippen molar-refractivity contribution < 1.29 is 0 Å². The van der Waals surface area contributed by atoms with Crippen LogP contribution in [0.3, 0.4) is 0 Å². The molecule has 2 fully saturated rings. The number of nitrogens with zero attached hydrogens (tertiary/aromatic N) is 1. The SMILES string of the molecule is CN1CCC(C)(CNCC2CCCCCC2)CC1. The Morgan fingerprint density at radius 2 is 1.67 bits per heavy atom. The summed E-state index contributed by atoms with van der Waals surface area (Å²) in [6, 6.07) is 0. The first-order valence-corrected chi connectivity index (χ1v) is 8.07. The maximum atomic E-state index is 3.79. The third-order valence-corrected chi connectivity index (χ3v) is 5.15. The van der Waals surface area contributed by atoms with Gasteiger partial charge in [0.2, 0.25) is 0 Å². The summed E-state index contributed by atoms with van der Waals surface area (Å²) in [5.41, 5.74) is 0.553.